The summed E-state index contributed by atoms with van der Waals surface area (Å²) in [5.74, 6) is -1.84. The normalized spacial score (nSPS) is 20.9. The van der Waals surface area contributed by atoms with Gasteiger partial charge in [0, 0.05) is 23.9 Å². The smallest absolute Gasteiger partial charge is 0.418 e. The van der Waals surface area contributed by atoms with Crippen molar-refractivity contribution in [3.63, 3.8) is 0 Å². The highest BCUT2D eigenvalue weighted by molar-refractivity contribution is 7.85. The molecule has 11 heteroatoms. The molecular formula is C19H25NO9S. The number of hydrogen-bond donors (Lipinski definition) is 2. The van der Waals surface area contributed by atoms with Crippen LogP contribution in [0.4, 0.5) is 4.79 Å². The van der Waals surface area contributed by atoms with Gasteiger partial charge in [-0.25, -0.2) is 9.59 Å². The fraction of sp³-hybridized carbons (Fsp3) is 0.526. The van der Waals surface area contributed by atoms with Crippen LogP contribution in [0, 0.1) is 5.41 Å². The number of esters is 1. The number of carbonyl (C=O) groups is 3. The van der Waals surface area contributed by atoms with Gasteiger partial charge in [-0.1, -0.05) is 44.2 Å². The predicted octanol–water partition coefficient (Wildman–Crippen LogP) is 1.96. The van der Waals surface area contributed by atoms with E-state index in [-0.39, 0.29) is 12.8 Å². The Morgan fingerprint density at radius 2 is 1.80 bits per heavy atom. The first-order valence-electron chi connectivity index (χ1n) is 9.22. The van der Waals surface area contributed by atoms with Gasteiger partial charge in [-0.2, -0.15) is 8.42 Å². The van der Waals surface area contributed by atoms with Crippen LogP contribution in [0.25, 0.3) is 0 Å². The highest BCUT2D eigenvalue weighted by Crippen LogP contribution is 2.35. The SMILES string of the molecule is CC(=O)NC(CCS(=O)(=O)O)CC(C)(C)C1OC(=O)OC(c2ccccc2)OC1=O. The number of carbonyl (C=O) groups excluding carboxylic acids is 3. The molecule has 10 nitrogen and oxygen atoms in total. The quantitative estimate of drug-likeness (QED) is 0.455. The average Bonchev–Trinajstić information content (AvgIpc) is 2.78. The van der Waals surface area contributed by atoms with E-state index in [0.29, 0.717) is 5.56 Å². The number of rotatable bonds is 8. The van der Waals surface area contributed by atoms with Crippen molar-refractivity contribution >= 4 is 28.1 Å². The van der Waals surface area contributed by atoms with E-state index in [1.165, 1.54) is 6.92 Å². The largest absolute Gasteiger partial charge is 0.512 e. The van der Waals surface area contributed by atoms with Crippen LogP contribution in [0.2, 0.25) is 0 Å². The lowest BCUT2D eigenvalue weighted by atomic mass is 9.79. The number of benzene rings is 1. The molecule has 1 aliphatic heterocycles. The Balaban J connectivity index is 2.18. The van der Waals surface area contributed by atoms with Crippen molar-refractivity contribution in [1.29, 1.82) is 0 Å². The van der Waals surface area contributed by atoms with Crippen molar-refractivity contribution in [2.24, 2.45) is 5.41 Å². The molecule has 1 aromatic rings. The van der Waals surface area contributed by atoms with Crippen molar-refractivity contribution in [2.75, 3.05) is 5.75 Å². The van der Waals surface area contributed by atoms with E-state index in [0.717, 1.165) is 0 Å². The maximum Gasteiger partial charge on any atom is 0.512 e. The summed E-state index contributed by atoms with van der Waals surface area (Å²) < 4.78 is 46.7. The maximum atomic E-state index is 12.7. The van der Waals surface area contributed by atoms with Crippen LogP contribution in [-0.4, -0.2) is 48.9 Å². The van der Waals surface area contributed by atoms with E-state index in [1.54, 1.807) is 44.2 Å². The first kappa shape index (κ1) is 23.6. The number of ether oxygens (including phenoxy) is 3. The van der Waals surface area contributed by atoms with Crippen LogP contribution in [0.5, 0.6) is 0 Å². The van der Waals surface area contributed by atoms with Crippen molar-refractivity contribution in [1.82, 2.24) is 5.32 Å². The van der Waals surface area contributed by atoms with E-state index in [9.17, 15) is 22.8 Å². The standard InChI is InChI=1S/C19H25NO9S/c1-12(21)20-14(9-10-30(24,25)26)11-19(2,3)15-16(22)28-17(29-18(23)27-15)13-7-5-4-6-8-13/h4-8,14-15,17H,9-11H2,1-3H3,(H,20,21)(H,24,25,26). The Morgan fingerprint density at radius 1 is 1.17 bits per heavy atom. The van der Waals surface area contributed by atoms with E-state index in [4.69, 9.17) is 18.8 Å². The van der Waals surface area contributed by atoms with Crippen LogP contribution in [-0.2, 0) is 33.9 Å². The Bertz CT molecular complexity index is 883. The first-order chi connectivity index (χ1) is 13.9. The second-order valence-electron chi connectivity index (χ2n) is 7.71. The third-order valence-electron chi connectivity index (χ3n) is 4.54. The van der Waals surface area contributed by atoms with Crippen molar-refractivity contribution in [2.45, 2.75) is 52.0 Å². The van der Waals surface area contributed by atoms with E-state index in [2.05, 4.69) is 5.32 Å². The number of hydrogen-bond acceptors (Lipinski definition) is 8. The van der Waals surface area contributed by atoms with Crippen LogP contribution >= 0.6 is 0 Å². The molecule has 1 heterocycles. The van der Waals surface area contributed by atoms with E-state index in [1.807, 2.05) is 0 Å². The zero-order valence-electron chi connectivity index (χ0n) is 16.9. The van der Waals surface area contributed by atoms with Gasteiger partial charge in [-0.05, 0) is 12.8 Å². The van der Waals surface area contributed by atoms with Crippen LogP contribution in [0.1, 0.15) is 45.5 Å². The molecule has 0 aliphatic carbocycles. The molecule has 1 saturated heterocycles. The molecule has 0 saturated carbocycles. The molecule has 2 N–H and O–H groups in total. The minimum Gasteiger partial charge on any atom is -0.418 e. The molecule has 0 bridgehead atoms. The summed E-state index contributed by atoms with van der Waals surface area (Å²) in [7, 11) is -4.25. The van der Waals surface area contributed by atoms with Gasteiger partial charge < -0.3 is 19.5 Å². The van der Waals surface area contributed by atoms with E-state index < -0.39 is 57.8 Å². The topological polar surface area (TPSA) is 145 Å². The molecule has 3 atom stereocenters. The lowest BCUT2D eigenvalue weighted by Crippen LogP contribution is -2.45. The molecule has 3 unspecified atom stereocenters. The Labute approximate surface area is 174 Å². The fourth-order valence-corrected chi connectivity index (χ4v) is 3.80. The monoisotopic (exact) mass is 443 g/mol. The van der Waals surface area contributed by atoms with Crippen LogP contribution in [0.15, 0.2) is 30.3 Å². The molecule has 1 amide bonds. The van der Waals surface area contributed by atoms with Gasteiger partial charge in [0.15, 0.2) is 0 Å². The number of amides is 1. The molecule has 0 aromatic heterocycles. The summed E-state index contributed by atoms with van der Waals surface area (Å²) in [4.78, 5) is 36.3. The second kappa shape index (κ2) is 9.43. The summed E-state index contributed by atoms with van der Waals surface area (Å²) in [6.07, 6.45) is -3.76. The van der Waals surface area contributed by atoms with Gasteiger partial charge in [0.05, 0.1) is 5.75 Å². The molecule has 1 aromatic carbocycles. The zero-order valence-corrected chi connectivity index (χ0v) is 17.7. The molecule has 1 aliphatic rings. The number of cyclic esters (lactones) is 3. The molecule has 0 spiro atoms. The molecule has 0 radical (unpaired) electrons. The summed E-state index contributed by atoms with van der Waals surface area (Å²) >= 11 is 0. The summed E-state index contributed by atoms with van der Waals surface area (Å²) in [6.45, 7) is 4.47. The van der Waals surface area contributed by atoms with Gasteiger partial charge in [-0.3, -0.25) is 9.35 Å². The maximum absolute atomic E-state index is 12.7. The van der Waals surface area contributed by atoms with Gasteiger partial charge in [0.1, 0.15) is 0 Å². The fourth-order valence-electron chi connectivity index (χ4n) is 3.22. The van der Waals surface area contributed by atoms with Crippen LogP contribution < -0.4 is 5.32 Å². The van der Waals surface area contributed by atoms with E-state index >= 15 is 0 Å². The van der Waals surface area contributed by atoms with Gasteiger partial charge >= 0.3 is 12.1 Å². The predicted molar refractivity (Wildman–Crippen MR) is 104 cm³/mol. The minimum absolute atomic E-state index is 0.0607. The van der Waals surface area contributed by atoms with Gasteiger partial charge in [0.25, 0.3) is 16.4 Å². The lowest BCUT2D eigenvalue weighted by molar-refractivity contribution is -0.171. The Kier molecular flexibility index (Phi) is 7.43. The molecule has 30 heavy (non-hydrogen) atoms. The first-order valence-corrected chi connectivity index (χ1v) is 10.8. The summed E-state index contributed by atoms with van der Waals surface area (Å²) in [5, 5.41) is 2.59. The molecular weight excluding hydrogens is 418 g/mol. The lowest BCUT2D eigenvalue weighted by Gasteiger charge is -2.33. The van der Waals surface area contributed by atoms with Crippen molar-refractivity contribution in [3.8, 4) is 0 Å². The molecule has 1 fully saturated rings. The summed E-state index contributed by atoms with van der Waals surface area (Å²) in [5.41, 5.74) is -0.612. The third-order valence-corrected chi connectivity index (χ3v) is 5.29. The second-order valence-corrected chi connectivity index (χ2v) is 9.28. The molecule has 166 valence electrons. The number of nitrogens with one attached hydrogen (secondary N) is 1. The zero-order chi connectivity index (χ0) is 22.5. The highest BCUT2D eigenvalue weighted by Gasteiger charge is 2.45. The van der Waals surface area contributed by atoms with Gasteiger partial charge in [0.2, 0.25) is 12.0 Å². The minimum atomic E-state index is -4.25. The highest BCUT2D eigenvalue weighted by atomic mass is 32.2. The van der Waals surface area contributed by atoms with Crippen molar-refractivity contribution in [3.05, 3.63) is 35.9 Å². The van der Waals surface area contributed by atoms with Gasteiger partial charge in [-0.15, -0.1) is 0 Å². The summed E-state index contributed by atoms with van der Waals surface area (Å²) in [6, 6.07) is 7.67. The van der Waals surface area contributed by atoms with Crippen molar-refractivity contribution < 1.29 is 41.6 Å². The third kappa shape index (κ3) is 6.99. The average molecular weight is 443 g/mol. The Morgan fingerprint density at radius 3 is 2.37 bits per heavy atom. The van der Waals surface area contributed by atoms with Crippen LogP contribution in [0.3, 0.4) is 0 Å². The molecule has 2 rings (SSSR count). The Hall–Kier alpha value is -2.66.